The topological polar surface area (TPSA) is 20.3 Å². The Hall–Kier alpha value is -1.15. The summed E-state index contributed by atoms with van der Waals surface area (Å²) in [7, 11) is 3.89. The van der Waals surface area contributed by atoms with Crippen LogP contribution >= 0.6 is 0 Å². The number of benzene rings is 1. The molecule has 0 fully saturated rings. The number of carbonyl (C=O) groups is 1. The number of hydrogen-bond donors (Lipinski definition) is 0. The standard InChI is InChI=1S/C15H23NO/c1-11-7-8-13(9-12(11)2)10-14(17)15(3,4)16(5)6/h7-9H,10H2,1-6H3. The van der Waals surface area contributed by atoms with Crippen molar-refractivity contribution in [3.63, 3.8) is 0 Å². The molecule has 1 aromatic rings. The highest BCUT2D eigenvalue weighted by Crippen LogP contribution is 2.17. The number of aryl methyl sites for hydroxylation is 2. The van der Waals surface area contributed by atoms with Crippen LogP contribution in [-0.2, 0) is 11.2 Å². The lowest BCUT2D eigenvalue weighted by molar-refractivity contribution is -0.127. The van der Waals surface area contributed by atoms with Crippen molar-refractivity contribution >= 4 is 5.78 Å². The molecule has 1 rings (SSSR count). The maximum atomic E-state index is 12.2. The zero-order valence-electron chi connectivity index (χ0n) is 11.8. The summed E-state index contributed by atoms with van der Waals surface area (Å²) >= 11 is 0. The molecule has 0 amide bonds. The Morgan fingerprint density at radius 2 is 1.76 bits per heavy atom. The van der Waals surface area contributed by atoms with Gasteiger partial charge < -0.3 is 0 Å². The molecule has 0 aromatic heterocycles. The van der Waals surface area contributed by atoms with Gasteiger partial charge in [-0.3, -0.25) is 9.69 Å². The number of likely N-dealkylation sites (N-methyl/N-ethyl adjacent to an activating group) is 1. The minimum absolute atomic E-state index is 0.255. The first-order valence-corrected chi connectivity index (χ1v) is 6.02. The Kier molecular flexibility index (Phi) is 4.10. The van der Waals surface area contributed by atoms with E-state index in [1.54, 1.807) is 0 Å². The Morgan fingerprint density at radius 3 is 2.24 bits per heavy atom. The van der Waals surface area contributed by atoms with Gasteiger partial charge in [-0.05, 0) is 58.5 Å². The van der Waals surface area contributed by atoms with Gasteiger partial charge in [0.1, 0.15) is 0 Å². The zero-order valence-corrected chi connectivity index (χ0v) is 11.8. The molecular formula is C15H23NO. The second kappa shape index (κ2) is 5.01. The van der Waals surface area contributed by atoms with Gasteiger partial charge in [0, 0.05) is 6.42 Å². The minimum Gasteiger partial charge on any atom is -0.298 e. The van der Waals surface area contributed by atoms with Gasteiger partial charge >= 0.3 is 0 Å². The van der Waals surface area contributed by atoms with E-state index in [1.165, 1.54) is 11.1 Å². The van der Waals surface area contributed by atoms with Crippen molar-refractivity contribution < 1.29 is 4.79 Å². The fraction of sp³-hybridized carbons (Fsp3) is 0.533. The molecule has 0 atom stereocenters. The van der Waals surface area contributed by atoms with Crippen molar-refractivity contribution in [2.45, 2.75) is 39.7 Å². The number of nitrogens with zero attached hydrogens (tertiary/aromatic N) is 1. The molecule has 0 heterocycles. The van der Waals surface area contributed by atoms with Gasteiger partial charge in [-0.15, -0.1) is 0 Å². The van der Waals surface area contributed by atoms with E-state index < -0.39 is 5.54 Å². The van der Waals surface area contributed by atoms with Gasteiger partial charge in [0.05, 0.1) is 5.54 Å². The fourth-order valence-corrected chi connectivity index (χ4v) is 1.56. The molecule has 0 saturated heterocycles. The maximum Gasteiger partial charge on any atom is 0.156 e. The molecule has 17 heavy (non-hydrogen) atoms. The number of Topliss-reactive ketones (excluding diaryl/α,β-unsaturated/α-hetero) is 1. The first-order valence-electron chi connectivity index (χ1n) is 6.02. The molecule has 0 aliphatic heterocycles. The van der Waals surface area contributed by atoms with E-state index in [1.807, 2.05) is 38.9 Å². The highest BCUT2D eigenvalue weighted by molar-refractivity contribution is 5.89. The second-order valence-corrected chi connectivity index (χ2v) is 5.47. The van der Waals surface area contributed by atoms with Crippen LogP contribution < -0.4 is 0 Å². The summed E-state index contributed by atoms with van der Waals surface area (Å²) in [5.74, 6) is 0.255. The summed E-state index contributed by atoms with van der Waals surface area (Å²) in [5, 5.41) is 0. The first kappa shape index (κ1) is 13.9. The summed E-state index contributed by atoms with van der Waals surface area (Å²) < 4.78 is 0. The Bertz CT molecular complexity index is 419. The zero-order chi connectivity index (χ0) is 13.2. The number of ketones is 1. The molecule has 2 nitrogen and oxygen atoms in total. The van der Waals surface area contributed by atoms with Crippen LogP contribution in [0.5, 0.6) is 0 Å². The molecular weight excluding hydrogens is 210 g/mol. The van der Waals surface area contributed by atoms with Crippen LogP contribution in [-0.4, -0.2) is 30.3 Å². The van der Waals surface area contributed by atoms with Crippen LogP contribution in [0.4, 0.5) is 0 Å². The summed E-state index contributed by atoms with van der Waals surface area (Å²) in [6, 6.07) is 6.24. The smallest absolute Gasteiger partial charge is 0.156 e. The summed E-state index contributed by atoms with van der Waals surface area (Å²) in [6.07, 6.45) is 0.506. The summed E-state index contributed by atoms with van der Waals surface area (Å²) in [4.78, 5) is 14.2. The highest BCUT2D eigenvalue weighted by atomic mass is 16.1. The van der Waals surface area contributed by atoms with Crippen molar-refractivity contribution in [1.29, 1.82) is 0 Å². The van der Waals surface area contributed by atoms with Crippen LogP contribution in [0.1, 0.15) is 30.5 Å². The molecule has 0 unspecified atom stereocenters. The third kappa shape index (κ3) is 3.16. The fourth-order valence-electron chi connectivity index (χ4n) is 1.56. The lowest BCUT2D eigenvalue weighted by Gasteiger charge is -2.31. The van der Waals surface area contributed by atoms with Gasteiger partial charge in [0.15, 0.2) is 5.78 Å². The lowest BCUT2D eigenvalue weighted by Crippen LogP contribution is -2.46. The van der Waals surface area contributed by atoms with E-state index in [0.29, 0.717) is 6.42 Å². The Labute approximate surface area is 105 Å². The van der Waals surface area contributed by atoms with E-state index in [0.717, 1.165) is 5.56 Å². The quantitative estimate of drug-likeness (QED) is 0.797. The first-order chi connectivity index (χ1) is 7.75. The lowest BCUT2D eigenvalue weighted by atomic mass is 9.91. The molecule has 0 aliphatic carbocycles. The normalized spacial score (nSPS) is 11.9. The molecule has 0 bridgehead atoms. The maximum absolute atomic E-state index is 12.2. The molecule has 0 aliphatic rings. The van der Waals surface area contributed by atoms with E-state index in [9.17, 15) is 4.79 Å². The third-order valence-electron chi connectivity index (χ3n) is 3.74. The van der Waals surface area contributed by atoms with Gasteiger partial charge in [0.2, 0.25) is 0 Å². The van der Waals surface area contributed by atoms with Crippen LogP contribution in [0.25, 0.3) is 0 Å². The van der Waals surface area contributed by atoms with Crippen LogP contribution in [0.2, 0.25) is 0 Å². The molecule has 1 aromatic carbocycles. The predicted molar refractivity (Wildman–Crippen MR) is 72.4 cm³/mol. The number of rotatable bonds is 4. The van der Waals surface area contributed by atoms with Crippen molar-refractivity contribution in [1.82, 2.24) is 4.90 Å². The SMILES string of the molecule is Cc1ccc(CC(=O)C(C)(C)N(C)C)cc1C. The van der Waals surface area contributed by atoms with Crippen LogP contribution in [0, 0.1) is 13.8 Å². The van der Waals surface area contributed by atoms with Gasteiger partial charge in [-0.1, -0.05) is 18.2 Å². The minimum atomic E-state index is -0.404. The van der Waals surface area contributed by atoms with Crippen LogP contribution in [0.3, 0.4) is 0 Å². The average Bonchev–Trinajstić information content (AvgIpc) is 2.23. The Morgan fingerprint density at radius 1 is 1.18 bits per heavy atom. The van der Waals surface area contributed by atoms with E-state index >= 15 is 0 Å². The van der Waals surface area contributed by atoms with Crippen LogP contribution in [0.15, 0.2) is 18.2 Å². The van der Waals surface area contributed by atoms with Crippen molar-refractivity contribution in [2.24, 2.45) is 0 Å². The van der Waals surface area contributed by atoms with Gasteiger partial charge in [-0.2, -0.15) is 0 Å². The molecule has 0 spiro atoms. The third-order valence-corrected chi connectivity index (χ3v) is 3.74. The monoisotopic (exact) mass is 233 g/mol. The number of carbonyl (C=O) groups excluding carboxylic acids is 1. The highest BCUT2D eigenvalue weighted by Gasteiger charge is 2.29. The Balaban J connectivity index is 2.85. The summed E-state index contributed by atoms with van der Waals surface area (Å²) in [6.45, 7) is 8.11. The second-order valence-electron chi connectivity index (χ2n) is 5.47. The van der Waals surface area contributed by atoms with Gasteiger partial charge in [-0.25, -0.2) is 0 Å². The van der Waals surface area contributed by atoms with Gasteiger partial charge in [0.25, 0.3) is 0 Å². The van der Waals surface area contributed by atoms with Crippen molar-refractivity contribution in [3.8, 4) is 0 Å². The molecule has 0 radical (unpaired) electrons. The molecule has 0 saturated carbocycles. The number of hydrogen-bond acceptors (Lipinski definition) is 2. The van der Waals surface area contributed by atoms with E-state index in [4.69, 9.17) is 0 Å². The molecule has 0 N–H and O–H groups in total. The van der Waals surface area contributed by atoms with E-state index in [-0.39, 0.29) is 5.78 Å². The summed E-state index contributed by atoms with van der Waals surface area (Å²) in [5.41, 5.74) is 3.22. The largest absolute Gasteiger partial charge is 0.298 e. The predicted octanol–water partition coefficient (Wildman–Crippen LogP) is 2.76. The molecule has 94 valence electrons. The van der Waals surface area contributed by atoms with Crippen molar-refractivity contribution in [2.75, 3.05) is 14.1 Å². The van der Waals surface area contributed by atoms with E-state index in [2.05, 4.69) is 26.0 Å². The molecule has 2 heteroatoms. The average molecular weight is 233 g/mol. The van der Waals surface area contributed by atoms with Crippen molar-refractivity contribution in [3.05, 3.63) is 34.9 Å².